The number of rotatable bonds is 8. The number of hydrogen-bond acceptors (Lipinski definition) is 6. The highest BCUT2D eigenvalue weighted by Crippen LogP contribution is 2.29. The van der Waals surface area contributed by atoms with Gasteiger partial charge in [0.1, 0.15) is 17.6 Å². The Morgan fingerprint density at radius 3 is 2.65 bits per heavy atom. The summed E-state index contributed by atoms with van der Waals surface area (Å²) < 4.78 is 21.4. The van der Waals surface area contributed by atoms with Gasteiger partial charge in [-0.3, -0.25) is 9.36 Å². The van der Waals surface area contributed by atoms with Crippen molar-refractivity contribution in [2.45, 2.75) is 13.3 Å². The first kappa shape index (κ1) is 24.9. The normalized spacial score (nSPS) is 17.2. The van der Waals surface area contributed by atoms with Crippen molar-refractivity contribution in [1.82, 2.24) is 14.5 Å². The molecule has 1 aliphatic rings. The Morgan fingerprint density at radius 2 is 2.09 bits per heavy atom. The van der Waals surface area contributed by atoms with Gasteiger partial charge in [0.15, 0.2) is 0 Å². The molecule has 3 rings (SSSR count). The molecule has 1 aromatic carbocycles. The van der Waals surface area contributed by atoms with Gasteiger partial charge in [-0.25, -0.2) is 9.37 Å². The summed E-state index contributed by atoms with van der Waals surface area (Å²) in [4.78, 5) is 20.5. The zero-order valence-electron chi connectivity index (χ0n) is 20.1. The first-order valence-corrected chi connectivity index (χ1v) is 11.1. The van der Waals surface area contributed by atoms with Crippen molar-refractivity contribution in [3.05, 3.63) is 70.4 Å². The lowest BCUT2D eigenvalue weighted by Gasteiger charge is -2.18. The minimum absolute atomic E-state index is 0.183. The van der Waals surface area contributed by atoms with Crippen LogP contribution in [0, 0.1) is 17.2 Å². The fourth-order valence-corrected chi connectivity index (χ4v) is 4.02. The quantitative estimate of drug-likeness (QED) is 0.468. The molecule has 1 unspecified atom stereocenters. The molecule has 0 saturated carbocycles. The van der Waals surface area contributed by atoms with E-state index in [1.165, 1.54) is 10.6 Å². The average molecular weight is 464 g/mol. The van der Waals surface area contributed by atoms with Gasteiger partial charge in [-0.1, -0.05) is 18.7 Å². The van der Waals surface area contributed by atoms with Gasteiger partial charge in [-0.2, -0.15) is 5.26 Å². The minimum atomic E-state index is -0.735. The smallest absolute Gasteiger partial charge is 0.263 e. The molecule has 1 atom stereocenters. The van der Waals surface area contributed by atoms with Crippen molar-refractivity contribution in [2.24, 2.45) is 13.0 Å². The van der Waals surface area contributed by atoms with Crippen LogP contribution in [0.4, 0.5) is 10.3 Å². The maximum atomic E-state index is 14.7. The first-order valence-electron chi connectivity index (χ1n) is 11.1. The second kappa shape index (κ2) is 10.9. The molecule has 1 aromatic heterocycles. The zero-order chi connectivity index (χ0) is 24.8. The van der Waals surface area contributed by atoms with Crippen molar-refractivity contribution >= 4 is 11.5 Å². The molecule has 0 bridgehead atoms. The topological polar surface area (TPSA) is 83.2 Å². The van der Waals surface area contributed by atoms with Gasteiger partial charge in [-0.15, -0.1) is 0 Å². The third kappa shape index (κ3) is 5.43. The number of nitrogens with one attached hydrogen (secondary N) is 1. The van der Waals surface area contributed by atoms with E-state index in [1.807, 2.05) is 0 Å². The number of nitriles is 1. The number of ether oxygens (including phenoxy) is 1. The summed E-state index contributed by atoms with van der Waals surface area (Å²) in [6.45, 7) is 7.84. The molecule has 1 N–H and O–H groups in total. The first-order chi connectivity index (χ1) is 16.3. The van der Waals surface area contributed by atoms with E-state index in [9.17, 15) is 9.18 Å². The van der Waals surface area contributed by atoms with E-state index in [4.69, 9.17) is 15.0 Å². The summed E-state index contributed by atoms with van der Waals surface area (Å²) in [5.74, 6) is 0.782. The lowest BCUT2D eigenvalue weighted by atomic mass is 10.00. The Morgan fingerprint density at radius 1 is 1.38 bits per heavy atom. The number of halogens is 1. The number of benzene rings is 1. The second-order valence-corrected chi connectivity index (χ2v) is 8.45. The fourth-order valence-electron chi connectivity index (χ4n) is 4.02. The third-order valence-electron chi connectivity index (χ3n) is 6.01. The zero-order valence-corrected chi connectivity index (χ0v) is 20.1. The summed E-state index contributed by atoms with van der Waals surface area (Å²) in [6, 6.07) is 8.83. The van der Waals surface area contributed by atoms with Crippen molar-refractivity contribution in [3.8, 4) is 22.9 Å². The van der Waals surface area contributed by atoms with Crippen LogP contribution in [0.2, 0.25) is 0 Å². The fraction of sp³-hybridized carbons (Fsp3) is 0.346. The highest BCUT2D eigenvalue weighted by Gasteiger charge is 2.22. The standard InChI is InChI=1S/C26H30FN5O2/c1-6-19(14-28)22(27)13-17(2)24-23(20-7-9-21(34-5)10-8-20)25(33)32(4)26(30-24)29-15-18-11-12-31(3)16-18/h6-10,13,18H,1,11-12,15-16H2,2-5H3,(H,29,30)/b17-13+,22-19-. The van der Waals surface area contributed by atoms with Crippen LogP contribution in [0.15, 0.2) is 59.2 Å². The third-order valence-corrected chi connectivity index (χ3v) is 6.01. The molecule has 178 valence electrons. The predicted octanol–water partition coefficient (Wildman–Crippen LogP) is 4.16. The molecule has 0 amide bonds. The molecule has 1 fully saturated rings. The van der Waals surface area contributed by atoms with Crippen LogP contribution in [0.25, 0.3) is 16.7 Å². The summed E-state index contributed by atoms with van der Waals surface area (Å²) in [6.07, 6.45) is 3.44. The molecule has 34 heavy (non-hydrogen) atoms. The lowest BCUT2D eigenvalue weighted by molar-refractivity contribution is 0.399. The van der Waals surface area contributed by atoms with Gasteiger partial charge < -0.3 is 15.0 Å². The van der Waals surface area contributed by atoms with E-state index in [1.54, 1.807) is 51.4 Å². The summed E-state index contributed by atoms with van der Waals surface area (Å²) in [5, 5.41) is 12.4. The molecule has 1 saturated heterocycles. The Hall–Kier alpha value is -3.70. The van der Waals surface area contributed by atoms with Gasteiger partial charge in [0.25, 0.3) is 5.56 Å². The Balaban J connectivity index is 2.12. The van der Waals surface area contributed by atoms with E-state index in [-0.39, 0.29) is 11.1 Å². The van der Waals surface area contributed by atoms with Crippen molar-refractivity contribution < 1.29 is 9.13 Å². The number of hydrogen-bond donors (Lipinski definition) is 1. The minimum Gasteiger partial charge on any atom is -0.497 e. The molecule has 0 aliphatic carbocycles. The lowest BCUT2D eigenvalue weighted by Crippen LogP contribution is -2.28. The summed E-state index contributed by atoms with van der Waals surface area (Å²) in [5.41, 5.74) is 1.29. The average Bonchev–Trinajstić information content (AvgIpc) is 3.25. The highest BCUT2D eigenvalue weighted by molar-refractivity contribution is 5.79. The largest absolute Gasteiger partial charge is 0.497 e. The molecule has 0 spiro atoms. The molecule has 2 aromatic rings. The van der Waals surface area contributed by atoms with E-state index in [2.05, 4.69) is 23.8 Å². The van der Waals surface area contributed by atoms with Gasteiger partial charge in [0.2, 0.25) is 5.95 Å². The maximum absolute atomic E-state index is 14.7. The Bertz CT molecular complexity index is 1220. The second-order valence-electron chi connectivity index (χ2n) is 8.45. The van der Waals surface area contributed by atoms with E-state index in [0.717, 1.165) is 25.6 Å². The number of aromatic nitrogens is 2. The molecule has 1 aliphatic heterocycles. The van der Waals surface area contributed by atoms with Crippen molar-refractivity contribution in [3.63, 3.8) is 0 Å². The summed E-state index contributed by atoms with van der Waals surface area (Å²) >= 11 is 0. The van der Waals surface area contributed by atoms with E-state index in [0.29, 0.717) is 46.6 Å². The van der Waals surface area contributed by atoms with Gasteiger partial charge in [0.05, 0.1) is 23.9 Å². The van der Waals surface area contributed by atoms with Gasteiger partial charge in [0, 0.05) is 20.1 Å². The highest BCUT2D eigenvalue weighted by atomic mass is 19.1. The molecular formula is C26H30FN5O2. The molecule has 8 heteroatoms. The van der Waals surface area contributed by atoms with Gasteiger partial charge >= 0.3 is 0 Å². The van der Waals surface area contributed by atoms with Crippen LogP contribution in [0.3, 0.4) is 0 Å². The predicted molar refractivity (Wildman–Crippen MR) is 133 cm³/mol. The monoisotopic (exact) mass is 463 g/mol. The molecule has 7 nitrogen and oxygen atoms in total. The Kier molecular flexibility index (Phi) is 8.03. The maximum Gasteiger partial charge on any atom is 0.263 e. The van der Waals surface area contributed by atoms with Crippen LogP contribution < -0.4 is 15.6 Å². The summed E-state index contributed by atoms with van der Waals surface area (Å²) in [7, 11) is 5.32. The number of allylic oxidation sites excluding steroid dienone is 5. The molecular weight excluding hydrogens is 433 g/mol. The molecule has 2 heterocycles. The van der Waals surface area contributed by atoms with E-state index < -0.39 is 5.83 Å². The number of methoxy groups -OCH3 is 1. The van der Waals surface area contributed by atoms with Gasteiger partial charge in [-0.05, 0) is 68.3 Å². The van der Waals surface area contributed by atoms with Crippen LogP contribution in [-0.2, 0) is 7.05 Å². The SMILES string of the molecule is C=C/C(C#N)=C(F)\C=C(/C)c1nc(NCC2CCN(C)C2)n(C)c(=O)c1-c1ccc(OC)cc1. The number of anilines is 1. The number of nitrogens with zero attached hydrogens (tertiary/aromatic N) is 4. The van der Waals surface area contributed by atoms with Crippen LogP contribution in [0.5, 0.6) is 5.75 Å². The van der Waals surface area contributed by atoms with Crippen LogP contribution >= 0.6 is 0 Å². The van der Waals surface area contributed by atoms with Crippen molar-refractivity contribution in [2.75, 3.05) is 39.1 Å². The number of likely N-dealkylation sites (tertiary alicyclic amines) is 1. The van der Waals surface area contributed by atoms with E-state index >= 15 is 0 Å². The van der Waals surface area contributed by atoms with Crippen LogP contribution in [-0.4, -0.2) is 48.2 Å². The molecule has 0 radical (unpaired) electrons. The van der Waals surface area contributed by atoms with Crippen molar-refractivity contribution in [1.29, 1.82) is 5.26 Å². The Labute approximate surface area is 199 Å². The van der Waals surface area contributed by atoms with Crippen LogP contribution in [0.1, 0.15) is 19.0 Å².